The first-order valence-corrected chi connectivity index (χ1v) is 6.83. The third-order valence-corrected chi connectivity index (χ3v) is 3.61. The van der Waals surface area contributed by atoms with E-state index in [4.69, 9.17) is 4.52 Å². The van der Waals surface area contributed by atoms with Crippen LogP contribution in [0.3, 0.4) is 0 Å². The van der Waals surface area contributed by atoms with Crippen molar-refractivity contribution < 1.29 is 14.7 Å². The third kappa shape index (κ3) is 3.41. The van der Waals surface area contributed by atoms with Crippen molar-refractivity contribution >= 4 is 11.8 Å². The Kier molecular flexibility index (Phi) is 3.71. The van der Waals surface area contributed by atoms with Crippen LogP contribution < -0.4 is 0 Å². The molecule has 1 heterocycles. The second-order valence-electron chi connectivity index (χ2n) is 5.09. The highest BCUT2D eigenvalue weighted by Gasteiger charge is 2.18. The zero-order chi connectivity index (χ0) is 14.0. The number of aromatic nitrogens is 2. The summed E-state index contributed by atoms with van der Waals surface area (Å²) in [5.74, 6) is 1.11. The molecule has 0 aliphatic carbocycles. The van der Waals surface area contributed by atoms with Crippen molar-refractivity contribution in [3.63, 3.8) is 0 Å². The lowest BCUT2D eigenvalue weighted by molar-refractivity contribution is 0.411. The maximum atomic E-state index is 9.72. The first-order chi connectivity index (χ1) is 8.87. The van der Waals surface area contributed by atoms with E-state index in [0.29, 0.717) is 11.6 Å². The van der Waals surface area contributed by atoms with E-state index in [1.54, 1.807) is 17.8 Å². The van der Waals surface area contributed by atoms with Gasteiger partial charge in [-0.2, -0.15) is 4.98 Å². The van der Waals surface area contributed by atoms with E-state index in [1.165, 1.54) is 12.1 Å². The van der Waals surface area contributed by atoms with Crippen molar-refractivity contribution in [1.29, 1.82) is 0 Å². The van der Waals surface area contributed by atoms with Gasteiger partial charge in [-0.1, -0.05) is 32.0 Å². The number of thioether (sulfide) groups is 1. The molecule has 5 nitrogen and oxygen atoms in total. The lowest BCUT2D eigenvalue weighted by atomic mass is 10.2. The zero-order valence-electron chi connectivity index (χ0n) is 11.0. The molecule has 2 N–H and O–H groups in total. The van der Waals surface area contributed by atoms with Crippen molar-refractivity contribution in [2.24, 2.45) is 0 Å². The number of hydrogen-bond acceptors (Lipinski definition) is 6. The molecule has 1 aromatic carbocycles. The first kappa shape index (κ1) is 13.7. The van der Waals surface area contributed by atoms with Gasteiger partial charge in [0.15, 0.2) is 5.82 Å². The molecule has 19 heavy (non-hydrogen) atoms. The Morgan fingerprint density at radius 1 is 1.21 bits per heavy atom. The maximum absolute atomic E-state index is 9.72. The number of hydrogen-bond donors (Lipinski definition) is 2. The summed E-state index contributed by atoms with van der Waals surface area (Å²) < 4.78 is 5.19. The van der Waals surface area contributed by atoms with Crippen LogP contribution in [-0.2, 0) is 5.75 Å². The van der Waals surface area contributed by atoms with Crippen molar-refractivity contribution in [2.45, 2.75) is 31.3 Å². The minimum Gasteiger partial charge on any atom is -0.507 e. The van der Waals surface area contributed by atoms with E-state index in [1.807, 2.05) is 0 Å². The van der Waals surface area contributed by atoms with Gasteiger partial charge < -0.3 is 14.7 Å². The highest BCUT2D eigenvalue weighted by Crippen LogP contribution is 2.36. The van der Waals surface area contributed by atoms with E-state index in [-0.39, 0.29) is 27.7 Å². The lowest BCUT2D eigenvalue weighted by Gasteiger charge is -2.15. The Morgan fingerprint density at radius 2 is 1.84 bits per heavy atom. The second-order valence-corrected chi connectivity index (χ2v) is 6.89. The van der Waals surface area contributed by atoms with Crippen LogP contribution >= 0.6 is 11.8 Å². The number of benzene rings is 1. The molecule has 0 fully saturated rings. The fraction of sp³-hybridized carbons (Fsp3) is 0.385. The van der Waals surface area contributed by atoms with Gasteiger partial charge in [-0.3, -0.25) is 0 Å². The van der Waals surface area contributed by atoms with E-state index in [2.05, 4.69) is 30.9 Å². The van der Waals surface area contributed by atoms with Crippen molar-refractivity contribution in [1.82, 2.24) is 10.1 Å². The minimum absolute atomic E-state index is 0.0846. The second kappa shape index (κ2) is 5.13. The summed E-state index contributed by atoms with van der Waals surface area (Å²) in [6, 6.07) is 4.46. The van der Waals surface area contributed by atoms with Gasteiger partial charge in [-0.15, -0.1) is 11.8 Å². The quantitative estimate of drug-likeness (QED) is 0.899. The van der Waals surface area contributed by atoms with Crippen LogP contribution in [0.5, 0.6) is 11.5 Å². The molecule has 0 aliphatic rings. The average Bonchev–Trinajstić information content (AvgIpc) is 2.74. The molecule has 0 bridgehead atoms. The predicted molar refractivity (Wildman–Crippen MR) is 74.1 cm³/mol. The Morgan fingerprint density at radius 3 is 2.42 bits per heavy atom. The predicted octanol–water partition coefficient (Wildman–Crippen LogP) is 3.18. The summed E-state index contributed by atoms with van der Waals surface area (Å²) in [5.41, 5.74) is 0.169. The van der Waals surface area contributed by atoms with Gasteiger partial charge in [-0.25, -0.2) is 0 Å². The maximum Gasteiger partial charge on any atom is 0.265 e. The molecule has 0 radical (unpaired) electrons. The topological polar surface area (TPSA) is 79.4 Å². The summed E-state index contributed by atoms with van der Waals surface area (Å²) in [5, 5.41) is 23.3. The minimum atomic E-state index is -0.0846. The van der Waals surface area contributed by atoms with Crippen LogP contribution in [0.2, 0.25) is 0 Å². The van der Waals surface area contributed by atoms with Gasteiger partial charge in [0.1, 0.15) is 17.1 Å². The summed E-state index contributed by atoms with van der Waals surface area (Å²) >= 11 is 1.69. The monoisotopic (exact) mass is 280 g/mol. The molecule has 0 unspecified atom stereocenters. The highest BCUT2D eigenvalue weighted by molar-refractivity contribution is 7.99. The standard InChI is InChI=1S/C13H16N2O3S/c1-13(2,3)19-7-10-14-12(18-15-10)11-8(16)5-4-6-9(11)17/h4-6,16-17H,7H2,1-3H3. The highest BCUT2D eigenvalue weighted by atomic mass is 32.2. The Labute approximate surface area is 115 Å². The van der Waals surface area contributed by atoms with E-state index < -0.39 is 0 Å². The molecule has 2 rings (SSSR count). The van der Waals surface area contributed by atoms with Gasteiger partial charge in [0, 0.05) is 4.75 Å². The molecular formula is C13H16N2O3S. The molecule has 0 aliphatic heterocycles. The van der Waals surface area contributed by atoms with Gasteiger partial charge in [0.25, 0.3) is 5.89 Å². The van der Waals surface area contributed by atoms with Gasteiger partial charge in [0.2, 0.25) is 0 Å². The normalized spacial score (nSPS) is 11.7. The smallest absolute Gasteiger partial charge is 0.265 e. The van der Waals surface area contributed by atoms with Crippen LogP contribution in [0.1, 0.15) is 26.6 Å². The van der Waals surface area contributed by atoms with Crippen molar-refractivity contribution in [2.75, 3.05) is 0 Å². The molecule has 1 aromatic heterocycles. The molecular weight excluding hydrogens is 264 g/mol. The number of phenols is 2. The molecule has 6 heteroatoms. The fourth-order valence-corrected chi connectivity index (χ4v) is 2.12. The molecule has 0 saturated carbocycles. The fourth-order valence-electron chi connectivity index (χ4n) is 1.44. The molecule has 0 spiro atoms. The zero-order valence-corrected chi connectivity index (χ0v) is 11.9. The number of nitrogens with zero attached hydrogens (tertiary/aromatic N) is 2. The lowest BCUT2D eigenvalue weighted by Crippen LogP contribution is -2.07. The van der Waals surface area contributed by atoms with Gasteiger partial charge in [-0.05, 0) is 12.1 Å². The van der Waals surface area contributed by atoms with E-state index in [9.17, 15) is 10.2 Å². The van der Waals surface area contributed by atoms with Crippen LogP contribution in [-0.4, -0.2) is 25.1 Å². The summed E-state index contributed by atoms with van der Waals surface area (Å²) in [6.45, 7) is 6.31. The van der Waals surface area contributed by atoms with Gasteiger partial charge >= 0.3 is 0 Å². The van der Waals surface area contributed by atoms with Crippen LogP contribution in [0.15, 0.2) is 22.7 Å². The molecule has 0 amide bonds. The van der Waals surface area contributed by atoms with Crippen LogP contribution in [0.25, 0.3) is 11.5 Å². The van der Waals surface area contributed by atoms with Crippen molar-refractivity contribution in [3.05, 3.63) is 24.0 Å². The van der Waals surface area contributed by atoms with Crippen LogP contribution in [0, 0.1) is 0 Å². The van der Waals surface area contributed by atoms with Crippen LogP contribution in [0.4, 0.5) is 0 Å². The average molecular weight is 280 g/mol. The summed E-state index contributed by atoms with van der Waals surface area (Å²) in [6.07, 6.45) is 0. The number of rotatable bonds is 3. The Balaban J connectivity index is 2.22. The molecule has 2 aromatic rings. The Hall–Kier alpha value is -1.69. The molecule has 0 saturated heterocycles. The first-order valence-electron chi connectivity index (χ1n) is 5.85. The SMILES string of the molecule is CC(C)(C)SCc1noc(-c2c(O)cccc2O)n1. The molecule has 0 atom stereocenters. The van der Waals surface area contributed by atoms with E-state index in [0.717, 1.165) is 0 Å². The largest absolute Gasteiger partial charge is 0.507 e. The van der Waals surface area contributed by atoms with Gasteiger partial charge in [0.05, 0.1) is 5.75 Å². The van der Waals surface area contributed by atoms with Crippen molar-refractivity contribution in [3.8, 4) is 23.0 Å². The van der Waals surface area contributed by atoms with E-state index >= 15 is 0 Å². The summed E-state index contributed by atoms with van der Waals surface area (Å²) in [7, 11) is 0. The number of phenolic OH excluding ortho intramolecular Hbond substituents is 2. The summed E-state index contributed by atoms with van der Waals surface area (Å²) in [4.78, 5) is 4.19. The third-order valence-electron chi connectivity index (χ3n) is 2.34. The Bertz CT molecular complexity index is 555. The molecule has 102 valence electrons. The number of aromatic hydroxyl groups is 2.